The first-order valence-electron chi connectivity index (χ1n) is 9.32. The van der Waals surface area contributed by atoms with E-state index >= 15 is 0 Å². The number of nitrogens with one attached hydrogen (secondary N) is 1. The summed E-state index contributed by atoms with van der Waals surface area (Å²) < 4.78 is 11.2. The molecule has 3 aliphatic carbocycles. The lowest BCUT2D eigenvalue weighted by molar-refractivity contribution is 0.0636. The van der Waals surface area contributed by atoms with Crippen LogP contribution in [0.2, 0.25) is 15.2 Å². The van der Waals surface area contributed by atoms with Crippen molar-refractivity contribution < 1.29 is 14.3 Å². The van der Waals surface area contributed by atoms with Crippen molar-refractivity contribution >= 4 is 46.6 Å². The molecule has 0 unspecified atom stereocenters. The van der Waals surface area contributed by atoms with E-state index in [1.807, 2.05) is 0 Å². The van der Waals surface area contributed by atoms with Gasteiger partial charge in [-0.3, -0.25) is 5.32 Å². The monoisotopic (exact) mass is 455 g/mol. The van der Waals surface area contributed by atoms with Crippen LogP contribution >= 0.6 is 34.8 Å². The van der Waals surface area contributed by atoms with E-state index in [-0.39, 0.29) is 15.8 Å². The second-order valence-electron chi connectivity index (χ2n) is 8.42. The number of nitrogens with zero attached hydrogens (tertiary/aromatic N) is 2. The average molecular weight is 457 g/mol. The van der Waals surface area contributed by atoms with Crippen LogP contribution in [-0.2, 0) is 11.2 Å². The lowest BCUT2D eigenvalue weighted by Gasteiger charge is -2.42. The number of rotatable bonds is 3. The summed E-state index contributed by atoms with van der Waals surface area (Å²) in [6.07, 6.45) is 2.49. The van der Waals surface area contributed by atoms with Crippen molar-refractivity contribution in [2.24, 2.45) is 5.92 Å². The van der Waals surface area contributed by atoms with Crippen molar-refractivity contribution in [3.63, 3.8) is 0 Å². The Morgan fingerprint density at radius 3 is 2.41 bits per heavy atom. The summed E-state index contributed by atoms with van der Waals surface area (Å²) in [5.41, 5.74) is 1.77. The maximum Gasteiger partial charge on any atom is 0.412 e. The Morgan fingerprint density at radius 2 is 1.79 bits per heavy atom. The van der Waals surface area contributed by atoms with E-state index in [2.05, 4.69) is 15.5 Å². The number of anilines is 1. The first-order chi connectivity index (χ1) is 13.6. The quantitative estimate of drug-likeness (QED) is 0.561. The van der Waals surface area contributed by atoms with E-state index in [1.165, 1.54) is 0 Å². The van der Waals surface area contributed by atoms with Gasteiger partial charge in [0.15, 0.2) is 10.9 Å². The van der Waals surface area contributed by atoms with Crippen LogP contribution in [-0.4, -0.2) is 21.9 Å². The molecule has 5 rings (SSSR count). The van der Waals surface area contributed by atoms with E-state index in [9.17, 15) is 4.79 Å². The Bertz CT molecular complexity index is 962. The third-order valence-corrected chi connectivity index (χ3v) is 5.88. The third kappa shape index (κ3) is 4.25. The molecule has 3 aliphatic rings. The molecule has 0 spiro atoms. The van der Waals surface area contributed by atoms with Crippen LogP contribution in [0, 0.1) is 5.92 Å². The van der Waals surface area contributed by atoms with Gasteiger partial charge in [-0.1, -0.05) is 34.8 Å². The number of ether oxygens (including phenoxy) is 2. The highest BCUT2D eigenvalue weighted by Crippen LogP contribution is 2.54. The van der Waals surface area contributed by atoms with Gasteiger partial charge in [0.1, 0.15) is 5.60 Å². The molecule has 29 heavy (non-hydrogen) atoms. The van der Waals surface area contributed by atoms with Gasteiger partial charge in [-0.25, -0.2) is 4.79 Å². The summed E-state index contributed by atoms with van der Waals surface area (Å²) in [6, 6.07) is 3.09. The second kappa shape index (κ2) is 7.49. The number of carbonyl (C=O) groups is 1. The maximum atomic E-state index is 12.0. The van der Waals surface area contributed by atoms with Gasteiger partial charge in [-0.15, -0.1) is 10.2 Å². The molecular weight excluding hydrogens is 437 g/mol. The Morgan fingerprint density at radius 1 is 1.14 bits per heavy atom. The van der Waals surface area contributed by atoms with Crippen molar-refractivity contribution in [2.75, 3.05) is 5.32 Å². The van der Waals surface area contributed by atoms with Crippen LogP contribution in [0.5, 0.6) is 11.6 Å². The van der Waals surface area contributed by atoms with Crippen molar-refractivity contribution in [3.05, 3.63) is 38.5 Å². The van der Waals surface area contributed by atoms with Crippen LogP contribution < -0.4 is 10.1 Å². The zero-order valence-electron chi connectivity index (χ0n) is 16.2. The zero-order chi connectivity index (χ0) is 20.9. The number of amides is 1. The van der Waals surface area contributed by atoms with Gasteiger partial charge in [-0.2, -0.15) is 0 Å². The number of hydrogen-bond donors (Lipinski definition) is 1. The zero-order valence-corrected chi connectivity index (χ0v) is 18.5. The number of benzene rings is 1. The molecule has 2 aromatic rings. The molecule has 6 nitrogen and oxygen atoms in total. The van der Waals surface area contributed by atoms with Crippen LogP contribution in [0.1, 0.15) is 50.7 Å². The predicted octanol–water partition coefficient (Wildman–Crippen LogP) is 6.63. The summed E-state index contributed by atoms with van der Waals surface area (Å²) in [4.78, 5) is 12.0. The molecule has 1 heterocycles. The van der Waals surface area contributed by atoms with Gasteiger partial charge in [-0.05, 0) is 64.0 Å². The topological polar surface area (TPSA) is 73.3 Å². The largest absolute Gasteiger partial charge is 0.444 e. The lowest BCUT2D eigenvalue weighted by atomic mass is 9.63. The Kier molecular flexibility index (Phi) is 5.30. The molecule has 0 saturated heterocycles. The molecular formula is C20H20Cl3N3O3. The highest BCUT2D eigenvalue weighted by atomic mass is 35.5. The molecule has 1 aromatic heterocycles. The summed E-state index contributed by atoms with van der Waals surface area (Å²) >= 11 is 19.0. The van der Waals surface area contributed by atoms with Gasteiger partial charge in [0.05, 0.1) is 10.0 Å². The van der Waals surface area contributed by atoms with Crippen LogP contribution in [0.3, 0.4) is 0 Å². The van der Waals surface area contributed by atoms with Crippen molar-refractivity contribution in [2.45, 2.75) is 51.6 Å². The van der Waals surface area contributed by atoms with Gasteiger partial charge in [0.2, 0.25) is 5.88 Å². The molecule has 1 aromatic carbocycles. The van der Waals surface area contributed by atoms with Crippen LogP contribution in [0.15, 0.2) is 12.1 Å². The van der Waals surface area contributed by atoms with E-state index in [0.29, 0.717) is 28.6 Å². The minimum atomic E-state index is -0.617. The molecule has 0 radical (unpaired) electrons. The van der Waals surface area contributed by atoms with Crippen LogP contribution in [0.25, 0.3) is 0 Å². The van der Waals surface area contributed by atoms with Crippen molar-refractivity contribution in [1.29, 1.82) is 0 Å². The van der Waals surface area contributed by atoms with Crippen LogP contribution in [0.4, 0.5) is 10.5 Å². The molecule has 1 amide bonds. The van der Waals surface area contributed by atoms with E-state index in [4.69, 9.17) is 44.3 Å². The Balaban J connectivity index is 1.59. The molecule has 1 saturated carbocycles. The van der Waals surface area contributed by atoms with Gasteiger partial charge in [0, 0.05) is 16.8 Å². The first kappa shape index (κ1) is 20.5. The SMILES string of the molecule is CC(C)(C)OC(=O)Nc1cc(Cl)c(Oc2nnc(Cl)c3c2C2CC(C3)C2)c(Cl)c1. The number of halogens is 3. The molecule has 1 fully saturated rings. The highest BCUT2D eigenvalue weighted by Gasteiger charge is 2.41. The van der Waals surface area contributed by atoms with E-state index in [1.54, 1.807) is 32.9 Å². The summed E-state index contributed by atoms with van der Waals surface area (Å²) in [5, 5.41) is 11.7. The first-order valence-corrected chi connectivity index (χ1v) is 10.5. The average Bonchev–Trinajstić information content (AvgIpc) is 2.57. The fourth-order valence-electron chi connectivity index (χ4n) is 3.81. The summed E-state index contributed by atoms with van der Waals surface area (Å²) in [5.74, 6) is 1.66. The molecule has 0 atom stereocenters. The summed E-state index contributed by atoms with van der Waals surface area (Å²) in [7, 11) is 0. The van der Waals surface area contributed by atoms with Gasteiger partial charge in [0.25, 0.3) is 0 Å². The predicted molar refractivity (Wildman–Crippen MR) is 113 cm³/mol. The Labute approximate surface area is 183 Å². The van der Waals surface area contributed by atoms with Crippen molar-refractivity contribution in [1.82, 2.24) is 10.2 Å². The normalized spacial score (nSPS) is 19.8. The molecule has 154 valence electrons. The third-order valence-electron chi connectivity index (χ3n) is 5.01. The molecule has 2 bridgehead atoms. The fraction of sp³-hybridized carbons (Fsp3) is 0.450. The van der Waals surface area contributed by atoms with Gasteiger partial charge < -0.3 is 9.47 Å². The van der Waals surface area contributed by atoms with Crippen molar-refractivity contribution in [3.8, 4) is 11.6 Å². The minimum Gasteiger partial charge on any atom is -0.444 e. The Hall–Kier alpha value is -1.76. The van der Waals surface area contributed by atoms with E-state index < -0.39 is 11.7 Å². The number of hydrogen-bond acceptors (Lipinski definition) is 5. The number of aromatic nitrogens is 2. The molecule has 0 aliphatic heterocycles. The molecule has 1 N–H and O–H groups in total. The molecule has 9 heteroatoms. The summed E-state index contributed by atoms with van der Waals surface area (Å²) in [6.45, 7) is 5.34. The minimum absolute atomic E-state index is 0.233. The lowest BCUT2D eigenvalue weighted by Crippen LogP contribution is -2.31. The second-order valence-corrected chi connectivity index (χ2v) is 9.60. The van der Waals surface area contributed by atoms with E-state index in [0.717, 1.165) is 30.4 Å². The smallest absolute Gasteiger partial charge is 0.412 e. The maximum absolute atomic E-state index is 12.0. The standard InChI is InChI=1S/C20H20Cl3N3O3/c1-20(2,3)29-19(27)24-11-7-13(21)16(14(22)8-11)28-18-15-10-4-9(5-10)6-12(15)17(23)25-26-18/h7-10H,4-6H2,1-3H3,(H,24,27). The highest BCUT2D eigenvalue weighted by molar-refractivity contribution is 6.37. The fourth-order valence-corrected chi connectivity index (χ4v) is 4.59. The number of carbonyl (C=O) groups excluding carboxylic acids is 1. The van der Waals surface area contributed by atoms with Gasteiger partial charge >= 0.3 is 6.09 Å².